The number of carbonyl (C=O) groups excluding carboxylic acids is 1. The lowest BCUT2D eigenvalue weighted by Gasteiger charge is -2.21. The summed E-state index contributed by atoms with van der Waals surface area (Å²) in [5, 5.41) is 10.3. The molecule has 0 aliphatic rings. The zero-order chi connectivity index (χ0) is 14.9. The Morgan fingerprint density at radius 2 is 1.85 bits per heavy atom. The maximum absolute atomic E-state index is 12.4. The minimum atomic E-state index is -0.263. The van der Waals surface area contributed by atoms with Crippen LogP contribution in [-0.2, 0) is 0 Å². The van der Waals surface area contributed by atoms with Gasteiger partial charge in [0.15, 0.2) is 0 Å². The molecule has 106 valence electrons. The first kappa shape index (κ1) is 14.3. The summed E-state index contributed by atoms with van der Waals surface area (Å²) >= 11 is 0. The van der Waals surface area contributed by atoms with E-state index in [9.17, 15) is 4.79 Å². The second-order valence-electron chi connectivity index (χ2n) is 6.07. The van der Waals surface area contributed by atoms with E-state index in [1.54, 1.807) is 0 Å². The summed E-state index contributed by atoms with van der Waals surface area (Å²) in [6, 6.07) is 7.56. The molecule has 1 amide bonds. The van der Waals surface area contributed by atoms with Crippen molar-refractivity contribution in [2.45, 2.75) is 40.2 Å². The first-order valence-electron chi connectivity index (χ1n) is 6.73. The van der Waals surface area contributed by atoms with Crippen LogP contribution < -0.4 is 5.32 Å². The monoisotopic (exact) mass is 271 g/mol. The van der Waals surface area contributed by atoms with Gasteiger partial charge in [0.05, 0.1) is 5.69 Å². The topological polar surface area (TPSA) is 57.8 Å². The average molecular weight is 271 g/mol. The van der Waals surface area contributed by atoms with E-state index in [0.29, 0.717) is 5.56 Å². The maximum Gasteiger partial charge on any atom is 0.252 e. The summed E-state index contributed by atoms with van der Waals surface area (Å²) in [6.07, 6.45) is 0. The Labute approximate surface area is 119 Å². The van der Waals surface area contributed by atoms with Crippen LogP contribution in [0.15, 0.2) is 24.3 Å². The van der Waals surface area contributed by atoms with Crippen LogP contribution in [0.2, 0.25) is 0 Å². The number of nitrogens with one attached hydrogen (secondary N) is 2. The summed E-state index contributed by atoms with van der Waals surface area (Å²) in [4.78, 5) is 12.4. The number of aromatic amines is 1. The first-order valence-corrected chi connectivity index (χ1v) is 6.73. The standard InChI is InChI=1S/C16H21N3O/c1-10-11(2)18-19-14(10)12-8-6-7-9-13(12)15(20)17-16(3,4)5/h6-9H,1-5H3,(H,17,20)(H,18,19). The van der Waals surface area contributed by atoms with E-state index in [4.69, 9.17) is 0 Å². The number of hydrogen-bond acceptors (Lipinski definition) is 2. The zero-order valence-electron chi connectivity index (χ0n) is 12.7. The molecule has 20 heavy (non-hydrogen) atoms. The van der Waals surface area contributed by atoms with Gasteiger partial charge in [-0.2, -0.15) is 5.10 Å². The van der Waals surface area contributed by atoms with Crippen molar-refractivity contribution in [3.8, 4) is 11.3 Å². The van der Waals surface area contributed by atoms with Gasteiger partial charge in [0, 0.05) is 22.4 Å². The van der Waals surface area contributed by atoms with Crippen LogP contribution in [0.3, 0.4) is 0 Å². The van der Waals surface area contributed by atoms with E-state index >= 15 is 0 Å². The molecule has 2 N–H and O–H groups in total. The van der Waals surface area contributed by atoms with E-state index < -0.39 is 0 Å². The van der Waals surface area contributed by atoms with E-state index in [0.717, 1.165) is 22.5 Å². The molecule has 2 rings (SSSR count). The number of aromatic nitrogens is 2. The molecule has 0 spiro atoms. The molecule has 1 aromatic heterocycles. The van der Waals surface area contributed by atoms with Crippen molar-refractivity contribution in [3.63, 3.8) is 0 Å². The molecule has 0 saturated heterocycles. The Hall–Kier alpha value is -2.10. The summed E-state index contributed by atoms with van der Waals surface area (Å²) in [7, 11) is 0. The number of H-pyrrole nitrogens is 1. The smallest absolute Gasteiger partial charge is 0.252 e. The third-order valence-electron chi connectivity index (χ3n) is 3.17. The second kappa shape index (κ2) is 5.12. The molecule has 0 atom stereocenters. The van der Waals surface area contributed by atoms with Gasteiger partial charge in [0.25, 0.3) is 5.91 Å². The lowest BCUT2D eigenvalue weighted by molar-refractivity contribution is 0.0920. The van der Waals surface area contributed by atoms with Gasteiger partial charge in [-0.15, -0.1) is 0 Å². The van der Waals surface area contributed by atoms with Crippen molar-refractivity contribution in [1.82, 2.24) is 15.5 Å². The molecule has 0 aliphatic heterocycles. The third-order valence-corrected chi connectivity index (χ3v) is 3.17. The van der Waals surface area contributed by atoms with Crippen molar-refractivity contribution in [2.24, 2.45) is 0 Å². The summed E-state index contributed by atoms with van der Waals surface area (Å²) in [5.41, 5.74) is 4.17. The van der Waals surface area contributed by atoms with Crippen molar-refractivity contribution in [2.75, 3.05) is 0 Å². The SMILES string of the molecule is Cc1[nH]nc(-c2ccccc2C(=O)NC(C)(C)C)c1C. The highest BCUT2D eigenvalue weighted by atomic mass is 16.1. The van der Waals surface area contributed by atoms with E-state index in [1.165, 1.54) is 0 Å². The third kappa shape index (κ3) is 2.90. The fourth-order valence-corrected chi connectivity index (χ4v) is 2.04. The van der Waals surface area contributed by atoms with Crippen LogP contribution in [0.25, 0.3) is 11.3 Å². The van der Waals surface area contributed by atoms with Crippen LogP contribution in [0.4, 0.5) is 0 Å². The molecule has 0 bridgehead atoms. The maximum atomic E-state index is 12.4. The van der Waals surface area contributed by atoms with Crippen LogP contribution in [0.1, 0.15) is 42.4 Å². The summed E-state index contributed by atoms with van der Waals surface area (Å²) < 4.78 is 0. The Morgan fingerprint density at radius 1 is 1.20 bits per heavy atom. The number of hydrogen-bond donors (Lipinski definition) is 2. The molecule has 2 aromatic rings. The molecule has 0 unspecified atom stereocenters. The van der Waals surface area contributed by atoms with Crippen molar-refractivity contribution >= 4 is 5.91 Å². The van der Waals surface area contributed by atoms with E-state index in [2.05, 4.69) is 15.5 Å². The Bertz CT molecular complexity index is 635. The molecule has 0 fully saturated rings. The minimum absolute atomic E-state index is 0.0758. The van der Waals surface area contributed by atoms with Gasteiger partial charge in [-0.25, -0.2) is 0 Å². The van der Waals surface area contributed by atoms with Gasteiger partial charge < -0.3 is 5.32 Å². The van der Waals surface area contributed by atoms with Gasteiger partial charge in [-0.05, 0) is 46.2 Å². The Morgan fingerprint density at radius 3 is 2.40 bits per heavy atom. The van der Waals surface area contributed by atoms with Crippen LogP contribution >= 0.6 is 0 Å². The highest BCUT2D eigenvalue weighted by Crippen LogP contribution is 2.26. The first-order chi connectivity index (χ1) is 9.29. The molecule has 0 radical (unpaired) electrons. The zero-order valence-corrected chi connectivity index (χ0v) is 12.7. The minimum Gasteiger partial charge on any atom is -0.347 e. The number of nitrogens with zero attached hydrogens (tertiary/aromatic N) is 1. The highest BCUT2D eigenvalue weighted by molar-refractivity contribution is 6.01. The molecule has 1 aromatic carbocycles. The largest absolute Gasteiger partial charge is 0.347 e. The van der Waals surface area contributed by atoms with E-state index in [-0.39, 0.29) is 11.4 Å². The van der Waals surface area contributed by atoms with Gasteiger partial charge in [0.1, 0.15) is 0 Å². The molecule has 1 heterocycles. The summed E-state index contributed by atoms with van der Waals surface area (Å²) in [6.45, 7) is 9.89. The number of carbonyl (C=O) groups is 1. The molecule has 4 heteroatoms. The number of amides is 1. The lowest BCUT2D eigenvalue weighted by atomic mass is 9.99. The molecule has 4 nitrogen and oxygen atoms in total. The van der Waals surface area contributed by atoms with Crippen molar-refractivity contribution in [1.29, 1.82) is 0 Å². The lowest BCUT2D eigenvalue weighted by Crippen LogP contribution is -2.40. The average Bonchev–Trinajstić information content (AvgIpc) is 2.68. The van der Waals surface area contributed by atoms with Crippen LogP contribution in [-0.4, -0.2) is 21.6 Å². The van der Waals surface area contributed by atoms with Crippen LogP contribution in [0, 0.1) is 13.8 Å². The number of benzene rings is 1. The molecular weight excluding hydrogens is 250 g/mol. The predicted octanol–water partition coefficient (Wildman–Crippen LogP) is 3.22. The number of rotatable bonds is 2. The highest BCUT2D eigenvalue weighted by Gasteiger charge is 2.20. The summed E-state index contributed by atoms with van der Waals surface area (Å²) in [5.74, 6) is -0.0758. The quantitative estimate of drug-likeness (QED) is 0.881. The Balaban J connectivity index is 2.46. The second-order valence-corrected chi connectivity index (χ2v) is 6.07. The normalized spacial score (nSPS) is 11.4. The fourth-order valence-electron chi connectivity index (χ4n) is 2.04. The predicted molar refractivity (Wildman–Crippen MR) is 80.7 cm³/mol. The Kier molecular flexibility index (Phi) is 3.66. The number of aryl methyl sites for hydroxylation is 1. The van der Waals surface area contributed by atoms with Gasteiger partial charge in [0.2, 0.25) is 0 Å². The van der Waals surface area contributed by atoms with Gasteiger partial charge >= 0.3 is 0 Å². The fraction of sp³-hybridized carbons (Fsp3) is 0.375. The van der Waals surface area contributed by atoms with Gasteiger partial charge in [-0.3, -0.25) is 9.89 Å². The molecule has 0 aliphatic carbocycles. The van der Waals surface area contributed by atoms with E-state index in [1.807, 2.05) is 58.9 Å². The molecule has 0 saturated carbocycles. The van der Waals surface area contributed by atoms with Gasteiger partial charge in [-0.1, -0.05) is 18.2 Å². The molecular formula is C16H21N3O. The van der Waals surface area contributed by atoms with Crippen molar-refractivity contribution in [3.05, 3.63) is 41.1 Å². The van der Waals surface area contributed by atoms with Crippen molar-refractivity contribution < 1.29 is 4.79 Å². The van der Waals surface area contributed by atoms with Crippen LogP contribution in [0.5, 0.6) is 0 Å².